The first kappa shape index (κ1) is 27.4. The van der Waals surface area contributed by atoms with E-state index in [1.807, 2.05) is 11.3 Å². The third kappa shape index (κ3) is 4.72. The third-order valence-corrected chi connectivity index (χ3v) is 12.8. The van der Waals surface area contributed by atoms with Gasteiger partial charge in [0.25, 0.3) is 0 Å². The molecule has 1 heterocycles. The molecule has 0 aliphatic heterocycles. The molecule has 3 aliphatic rings. The number of hydrogen-bond donors (Lipinski definition) is 0. The van der Waals surface area contributed by atoms with Crippen LogP contribution in [0.2, 0.25) is 0 Å². The maximum atomic E-state index is 2.48. The van der Waals surface area contributed by atoms with E-state index in [0.717, 1.165) is 17.8 Å². The summed E-state index contributed by atoms with van der Waals surface area (Å²) in [5.74, 6) is 2.62. The Hall–Kier alpha value is -3.88. The number of fused-ring (bicyclic) bond motifs is 5. The van der Waals surface area contributed by atoms with Crippen molar-refractivity contribution in [3.05, 3.63) is 138 Å². The summed E-state index contributed by atoms with van der Waals surface area (Å²) in [5.41, 5.74) is 8.28. The van der Waals surface area contributed by atoms with Gasteiger partial charge in [-0.15, -0.1) is 11.3 Å². The summed E-state index contributed by atoms with van der Waals surface area (Å²) in [6, 6.07) is 46.5. The number of nitrogens with zero attached hydrogens (tertiary/aromatic N) is 1. The van der Waals surface area contributed by atoms with Crippen LogP contribution in [0.15, 0.2) is 121 Å². The predicted molar refractivity (Wildman–Crippen MR) is 193 cm³/mol. The second-order valence-corrected chi connectivity index (χ2v) is 15.1. The summed E-state index contributed by atoms with van der Waals surface area (Å²) >= 11 is 1.89. The van der Waals surface area contributed by atoms with Crippen LogP contribution >= 0.6 is 11.3 Å². The normalized spacial score (nSPS) is 22.3. The second kappa shape index (κ2) is 11.2. The quantitative estimate of drug-likeness (QED) is 0.183. The van der Waals surface area contributed by atoms with Gasteiger partial charge in [0.2, 0.25) is 0 Å². The molecule has 0 amide bonds. The fourth-order valence-electron chi connectivity index (χ4n) is 9.41. The summed E-state index contributed by atoms with van der Waals surface area (Å²) in [5, 5.41) is 2.70. The summed E-state index contributed by atoms with van der Waals surface area (Å²) in [7, 11) is 0. The fourth-order valence-corrected chi connectivity index (χ4v) is 10.5. The smallest absolute Gasteiger partial charge is 0.0468 e. The van der Waals surface area contributed by atoms with Crippen molar-refractivity contribution < 1.29 is 0 Å². The number of thiophene rings is 1. The van der Waals surface area contributed by atoms with E-state index in [1.54, 1.807) is 5.56 Å². The zero-order chi connectivity index (χ0) is 29.8. The zero-order valence-electron chi connectivity index (χ0n) is 26.0. The summed E-state index contributed by atoms with van der Waals surface area (Å²) in [6.07, 6.45) is 12.1. The van der Waals surface area contributed by atoms with E-state index in [0.29, 0.717) is 0 Å². The molecule has 0 spiro atoms. The Balaban J connectivity index is 1.13. The highest BCUT2D eigenvalue weighted by Crippen LogP contribution is 2.53. The van der Waals surface area contributed by atoms with Crippen LogP contribution in [-0.2, 0) is 5.41 Å². The highest BCUT2D eigenvalue weighted by molar-refractivity contribution is 7.25. The molecule has 3 unspecified atom stereocenters. The average molecular weight is 604 g/mol. The van der Waals surface area contributed by atoms with E-state index in [4.69, 9.17) is 0 Å². The van der Waals surface area contributed by atoms with Crippen LogP contribution in [0.1, 0.15) is 80.4 Å². The van der Waals surface area contributed by atoms with Gasteiger partial charge in [0.05, 0.1) is 0 Å². The van der Waals surface area contributed by atoms with Crippen LogP contribution < -0.4 is 4.90 Å². The molecule has 0 radical (unpaired) electrons. The maximum absolute atomic E-state index is 2.48. The molecule has 2 heteroatoms. The topological polar surface area (TPSA) is 3.24 Å². The zero-order valence-corrected chi connectivity index (χ0v) is 26.8. The van der Waals surface area contributed by atoms with Crippen LogP contribution in [0.5, 0.6) is 0 Å². The van der Waals surface area contributed by atoms with Crippen LogP contribution in [0.25, 0.3) is 20.2 Å². The first-order valence-electron chi connectivity index (χ1n) is 17.2. The van der Waals surface area contributed by atoms with Crippen molar-refractivity contribution in [3.8, 4) is 0 Å². The van der Waals surface area contributed by atoms with Gasteiger partial charge in [-0.2, -0.15) is 0 Å². The van der Waals surface area contributed by atoms with Crippen molar-refractivity contribution in [1.82, 2.24) is 0 Å². The Kier molecular flexibility index (Phi) is 6.81. The minimum absolute atomic E-state index is 0.111. The van der Waals surface area contributed by atoms with Gasteiger partial charge in [0, 0.05) is 42.6 Å². The Bertz CT molecular complexity index is 1950. The lowest BCUT2D eigenvalue weighted by atomic mass is 9.65. The van der Waals surface area contributed by atoms with E-state index in [9.17, 15) is 0 Å². The third-order valence-electron chi connectivity index (χ3n) is 11.6. The van der Waals surface area contributed by atoms with Crippen molar-refractivity contribution >= 4 is 48.6 Å². The van der Waals surface area contributed by atoms with Crippen LogP contribution in [0.4, 0.5) is 17.1 Å². The van der Waals surface area contributed by atoms with E-state index in [2.05, 4.69) is 126 Å². The fraction of sp³-hybridized carbons (Fsp3) is 0.302. The van der Waals surface area contributed by atoms with Gasteiger partial charge in [0.1, 0.15) is 0 Å². The molecule has 3 fully saturated rings. The van der Waals surface area contributed by atoms with Gasteiger partial charge in [-0.3, -0.25) is 0 Å². The number of rotatable bonds is 6. The standard InChI is InChI=1S/C43H41NS/c1-3-9-33(10-4-1)43(25-7-2-8-26-43)34-17-21-36(22-18-34)44(35-19-15-31(16-20-35)39-28-30-13-14-32(39)27-30)37-23-24-42-40(29-37)38-11-5-6-12-41(38)45-42/h1,3-6,9-12,15-24,29-30,32,39H,2,7-8,13-14,25-28H2. The van der Waals surface area contributed by atoms with Gasteiger partial charge in [-0.05, 0) is 115 Å². The molecule has 5 aromatic carbocycles. The first-order chi connectivity index (χ1) is 22.2. The number of benzene rings is 5. The molecule has 2 bridgehead atoms. The Labute approximate surface area is 271 Å². The van der Waals surface area contributed by atoms with Crippen molar-refractivity contribution in [1.29, 1.82) is 0 Å². The number of hydrogen-bond acceptors (Lipinski definition) is 2. The van der Waals surface area contributed by atoms with Gasteiger partial charge >= 0.3 is 0 Å². The van der Waals surface area contributed by atoms with Crippen LogP contribution in [-0.4, -0.2) is 0 Å². The van der Waals surface area contributed by atoms with E-state index >= 15 is 0 Å². The predicted octanol–water partition coefficient (Wildman–Crippen LogP) is 12.7. The molecule has 3 aliphatic carbocycles. The minimum atomic E-state index is 0.111. The average Bonchev–Trinajstić information content (AvgIpc) is 3.85. The van der Waals surface area contributed by atoms with Crippen LogP contribution in [0, 0.1) is 11.8 Å². The lowest BCUT2D eigenvalue weighted by Gasteiger charge is -2.39. The lowest BCUT2D eigenvalue weighted by Crippen LogP contribution is -2.30. The minimum Gasteiger partial charge on any atom is -0.310 e. The lowest BCUT2D eigenvalue weighted by molar-refractivity contribution is 0.346. The molecule has 3 saturated carbocycles. The van der Waals surface area contributed by atoms with Crippen molar-refractivity contribution in [2.75, 3.05) is 4.90 Å². The molecular weight excluding hydrogens is 563 g/mol. The first-order valence-corrected chi connectivity index (χ1v) is 18.0. The largest absolute Gasteiger partial charge is 0.310 e. The summed E-state index contributed by atoms with van der Waals surface area (Å²) < 4.78 is 2.71. The van der Waals surface area contributed by atoms with Crippen molar-refractivity contribution in [2.24, 2.45) is 11.8 Å². The Morgan fingerprint density at radius 3 is 1.96 bits per heavy atom. The highest BCUT2D eigenvalue weighted by Gasteiger charge is 2.40. The van der Waals surface area contributed by atoms with Gasteiger partial charge in [0.15, 0.2) is 0 Å². The monoisotopic (exact) mass is 603 g/mol. The molecule has 9 rings (SSSR count). The Morgan fingerprint density at radius 2 is 1.22 bits per heavy atom. The molecular formula is C43H41NS. The maximum Gasteiger partial charge on any atom is 0.0468 e. The van der Waals surface area contributed by atoms with E-state index in [-0.39, 0.29) is 5.41 Å². The molecule has 0 N–H and O–H groups in total. The van der Waals surface area contributed by atoms with Crippen LogP contribution in [0.3, 0.4) is 0 Å². The molecule has 45 heavy (non-hydrogen) atoms. The SMILES string of the molecule is c1ccc(C2(c3ccc(N(c4ccc(C5CC6CCC5C6)cc4)c4ccc5sc6ccccc6c5c4)cc3)CCCCC2)cc1. The summed E-state index contributed by atoms with van der Waals surface area (Å²) in [4.78, 5) is 2.48. The van der Waals surface area contributed by atoms with Gasteiger partial charge in [-0.1, -0.05) is 98.5 Å². The second-order valence-electron chi connectivity index (χ2n) is 14.0. The van der Waals surface area contributed by atoms with E-state index in [1.165, 1.54) is 106 Å². The molecule has 6 aromatic rings. The van der Waals surface area contributed by atoms with E-state index < -0.39 is 0 Å². The van der Waals surface area contributed by atoms with Gasteiger partial charge in [-0.25, -0.2) is 0 Å². The van der Waals surface area contributed by atoms with Crippen molar-refractivity contribution in [3.63, 3.8) is 0 Å². The molecule has 224 valence electrons. The summed E-state index contributed by atoms with van der Waals surface area (Å²) in [6.45, 7) is 0. The Morgan fingerprint density at radius 1 is 0.556 bits per heavy atom. The molecule has 1 nitrogen and oxygen atoms in total. The van der Waals surface area contributed by atoms with Crippen molar-refractivity contribution in [2.45, 2.75) is 69.1 Å². The van der Waals surface area contributed by atoms with Gasteiger partial charge < -0.3 is 4.90 Å². The molecule has 3 atom stereocenters. The molecule has 1 aromatic heterocycles. The number of anilines is 3. The molecule has 0 saturated heterocycles. The highest BCUT2D eigenvalue weighted by atomic mass is 32.1.